The molecule has 1 fully saturated rings. The van der Waals surface area contributed by atoms with E-state index in [0.717, 1.165) is 12.1 Å². The molecule has 2 aromatic carbocycles. The smallest absolute Gasteiger partial charge is 0.312 e. The fourth-order valence-electron chi connectivity index (χ4n) is 2.85. The number of ether oxygens (including phenoxy) is 2. The first-order valence-electron chi connectivity index (χ1n) is 8.68. The Morgan fingerprint density at radius 3 is 2.40 bits per heavy atom. The van der Waals surface area contributed by atoms with Crippen molar-refractivity contribution >= 4 is 31.4 Å². The summed E-state index contributed by atoms with van der Waals surface area (Å²) in [5, 5.41) is 11.2. The average molecular weight is 457 g/mol. The number of sulfonamides is 2. The maximum Gasteiger partial charge on any atom is 0.312 e. The Labute approximate surface area is 173 Å². The Bertz CT molecular complexity index is 1160. The molecule has 0 saturated carbocycles. The molecular formula is C17H19N3O8S2. The molecule has 0 unspecified atom stereocenters. The molecule has 0 radical (unpaired) electrons. The van der Waals surface area contributed by atoms with E-state index in [-0.39, 0.29) is 47.5 Å². The van der Waals surface area contributed by atoms with Gasteiger partial charge in [0.15, 0.2) is 5.75 Å². The van der Waals surface area contributed by atoms with Crippen LogP contribution in [0.25, 0.3) is 0 Å². The van der Waals surface area contributed by atoms with Gasteiger partial charge in [0.25, 0.3) is 10.0 Å². The van der Waals surface area contributed by atoms with Crippen molar-refractivity contribution < 1.29 is 31.2 Å². The van der Waals surface area contributed by atoms with Gasteiger partial charge in [-0.25, -0.2) is 16.8 Å². The molecule has 0 aliphatic carbocycles. The molecule has 162 valence electrons. The molecule has 0 bridgehead atoms. The quantitative estimate of drug-likeness (QED) is 0.485. The second-order valence-electron chi connectivity index (χ2n) is 6.24. The van der Waals surface area contributed by atoms with Crippen LogP contribution in [0.2, 0.25) is 0 Å². The summed E-state index contributed by atoms with van der Waals surface area (Å²) in [6.45, 7) is 0.963. The lowest BCUT2D eigenvalue weighted by Gasteiger charge is -2.26. The Morgan fingerprint density at radius 1 is 1.07 bits per heavy atom. The third kappa shape index (κ3) is 4.53. The maximum absolute atomic E-state index is 12.8. The van der Waals surface area contributed by atoms with Crippen LogP contribution in [-0.2, 0) is 24.8 Å². The zero-order valence-electron chi connectivity index (χ0n) is 15.8. The molecule has 11 nitrogen and oxygen atoms in total. The Hall–Kier alpha value is -2.74. The van der Waals surface area contributed by atoms with Gasteiger partial charge in [-0.3, -0.25) is 14.8 Å². The highest BCUT2D eigenvalue weighted by Crippen LogP contribution is 2.30. The summed E-state index contributed by atoms with van der Waals surface area (Å²) in [7, 11) is -6.81. The van der Waals surface area contributed by atoms with Crippen molar-refractivity contribution in [1.82, 2.24) is 4.31 Å². The first kappa shape index (κ1) is 22.0. The summed E-state index contributed by atoms with van der Waals surface area (Å²) in [5.74, 6) is -0.0856. The first-order valence-corrected chi connectivity index (χ1v) is 11.6. The molecule has 1 heterocycles. The fraction of sp³-hybridized carbons (Fsp3) is 0.294. The molecule has 1 aliphatic heterocycles. The largest absolute Gasteiger partial charge is 0.490 e. The van der Waals surface area contributed by atoms with Crippen LogP contribution in [0.3, 0.4) is 0 Å². The number of benzene rings is 2. The molecule has 0 aromatic heterocycles. The molecule has 0 spiro atoms. The van der Waals surface area contributed by atoms with Crippen LogP contribution < -0.4 is 9.46 Å². The summed E-state index contributed by atoms with van der Waals surface area (Å²) in [6.07, 6.45) is 0. The van der Waals surface area contributed by atoms with Gasteiger partial charge in [-0.2, -0.15) is 4.31 Å². The van der Waals surface area contributed by atoms with Crippen LogP contribution in [0.1, 0.15) is 0 Å². The lowest BCUT2D eigenvalue weighted by atomic mass is 10.3. The molecule has 1 saturated heterocycles. The molecule has 13 heteroatoms. The summed E-state index contributed by atoms with van der Waals surface area (Å²) < 4.78 is 64.5. The van der Waals surface area contributed by atoms with Gasteiger partial charge in [-0.1, -0.05) is 6.07 Å². The normalized spacial score (nSPS) is 15.5. The van der Waals surface area contributed by atoms with Crippen molar-refractivity contribution in [3.8, 4) is 5.75 Å². The summed E-state index contributed by atoms with van der Waals surface area (Å²) in [6, 6.07) is 8.54. The van der Waals surface area contributed by atoms with Crippen molar-refractivity contribution in [2.75, 3.05) is 38.1 Å². The molecule has 1 aliphatic rings. The van der Waals surface area contributed by atoms with E-state index < -0.39 is 30.7 Å². The van der Waals surface area contributed by atoms with Gasteiger partial charge >= 0.3 is 5.69 Å². The highest BCUT2D eigenvalue weighted by molar-refractivity contribution is 7.92. The van der Waals surface area contributed by atoms with Crippen LogP contribution in [0.15, 0.2) is 52.3 Å². The minimum absolute atomic E-state index is 0.00260. The van der Waals surface area contributed by atoms with Crippen LogP contribution in [0, 0.1) is 10.1 Å². The van der Waals surface area contributed by atoms with E-state index in [0.29, 0.717) is 0 Å². The second-order valence-corrected chi connectivity index (χ2v) is 9.86. The number of anilines is 1. The van der Waals surface area contributed by atoms with E-state index in [4.69, 9.17) is 9.47 Å². The molecular weight excluding hydrogens is 438 g/mol. The number of hydrogen-bond donors (Lipinski definition) is 1. The average Bonchev–Trinajstić information content (AvgIpc) is 2.73. The number of nitro benzene ring substituents is 1. The summed E-state index contributed by atoms with van der Waals surface area (Å²) >= 11 is 0. The van der Waals surface area contributed by atoms with Crippen molar-refractivity contribution in [1.29, 1.82) is 0 Å². The molecule has 1 N–H and O–H groups in total. The first-order chi connectivity index (χ1) is 14.1. The molecule has 3 rings (SSSR count). The number of hydrogen-bond acceptors (Lipinski definition) is 8. The molecule has 30 heavy (non-hydrogen) atoms. The zero-order valence-corrected chi connectivity index (χ0v) is 17.5. The van der Waals surface area contributed by atoms with E-state index in [9.17, 15) is 26.9 Å². The number of nitrogens with one attached hydrogen (secondary N) is 1. The Kier molecular flexibility index (Phi) is 6.26. The topological polar surface area (TPSA) is 145 Å². The van der Waals surface area contributed by atoms with Gasteiger partial charge < -0.3 is 9.47 Å². The maximum atomic E-state index is 12.8. The Morgan fingerprint density at radius 2 is 1.77 bits per heavy atom. The van der Waals surface area contributed by atoms with Crippen molar-refractivity contribution in [2.24, 2.45) is 0 Å². The molecule has 2 aromatic rings. The lowest BCUT2D eigenvalue weighted by molar-refractivity contribution is -0.386. The van der Waals surface area contributed by atoms with Gasteiger partial charge in [-0.15, -0.1) is 0 Å². The van der Waals surface area contributed by atoms with Gasteiger partial charge in [-0.05, 0) is 30.3 Å². The Balaban J connectivity index is 1.90. The fourth-order valence-corrected chi connectivity index (χ4v) is 5.37. The predicted octanol–water partition coefficient (Wildman–Crippen LogP) is 1.43. The van der Waals surface area contributed by atoms with Crippen molar-refractivity contribution in [3.63, 3.8) is 0 Å². The van der Waals surface area contributed by atoms with Gasteiger partial charge in [0, 0.05) is 19.2 Å². The predicted molar refractivity (Wildman–Crippen MR) is 106 cm³/mol. The van der Waals surface area contributed by atoms with E-state index >= 15 is 0 Å². The monoisotopic (exact) mass is 457 g/mol. The zero-order chi connectivity index (χ0) is 21.9. The molecule has 0 atom stereocenters. The SMILES string of the molecule is COc1ccc(S(=O)(=O)Nc2cccc(S(=O)(=O)N3CCOCC3)c2)cc1[N+](=O)[O-]. The minimum Gasteiger partial charge on any atom is -0.490 e. The highest BCUT2D eigenvalue weighted by atomic mass is 32.2. The van der Waals surface area contributed by atoms with Crippen LogP contribution in [-0.4, -0.2) is 59.5 Å². The number of morpholine rings is 1. The lowest BCUT2D eigenvalue weighted by Crippen LogP contribution is -2.40. The molecule has 0 amide bonds. The van der Waals surface area contributed by atoms with E-state index in [1.165, 1.54) is 41.7 Å². The summed E-state index contributed by atoms with van der Waals surface area (Å²) in [5.41, 5.74) is -0.508. The second kappa shape index (κ2) is 8.55. The summed E-state index contributed by atoms with van der Waals surface area (Å²) in [4.78, 5) is 9.95. The number of nitro groups is 1. The van der Waals surface area contributed by atoms with Crippen molar-refractivity contribution in [3.05, 3.63) is 52.6 Å². The standard InChI is InChI=1S/C17H19N3O8S2/c1-27-17-6-5-14(12-16(17)20(21)22)29(23,24)18-13-3-2-4-15(11-13)30(25,26)19-7-9-28-10-8-19/h2-6,11-12,18H,7-10H2,1H3. The highest BCUT2D eigenvalue weighted by Gasteiger charge is 2.27. The minimum atomic E-state index is -4.22. The van der Waals surface area contributed by atoms with Crippen LogP contribution in [0.5, 0.6) is 5.75 Å². The van der Waals surface area contributed by atoms with Crippen LogP contribution in [0.4, 0.5) is 11.4 Å². The van der Waals surface area contributed by atoms with Gasteiger partial charge in [0.05, 0.1) is 40.7 Å². The van der Waals surface area contributed by atoms with E-state index in [2.05, 4.69) is 4.72 Å². The van der Waals surface area contributed by atoms with E-state index in [1.54, 1.807) is 0 Å². The third-order valence-electron chi connectivity index (χ3n) is 4.35. The van der Waals surface area contributed by atoms with Crippen molar-refractivity contribution in [2.45, 2.75) is 9.79 Å². The number of rotatable bonds is 7. The van der Waals surface area contributed by atoms with Gasteiger partial charge in [0.1, 0.15) is 0 Å². The third-order valence-corrected chi connectivity index (χ3v) is 7.62. The number of methoxy groups -OCH3 is 1. The van der Waals surface area contributed by atoms with Gasteiger partial charge in [0.2, 0.25) is 10.0 Å². The van der Waals surface area contributed by atoms with Crippen LogP contribution >= 0.6 is 0 Å². The number of nitrogens with zero attached hydrogens (tertiary/aromatic N) is 2. The van der Waals surface area contributed by atoms with E-state index in [1.807, 2.05) is 0 Å².